The summed E-state index contributed by atoms with van der Waals surface area (Å²) in [6.45, 7) is 0. The van der Waals surface area contributed by atoms with Gasteiger partial charge in [-0.3, -0.25) is 9.59 Å². The maximum atomic E-state index is 11.5. The minimum Gasteiger partial charge on any atom is -0.273 e. The Morgan fingerprint density at radius 3 is 2.28 bits per heavy atom. The summed E-state index contributed by atoms with van der Waals surface area (Å²) >= 11 is 1.22. The highest BCUT2D eigenvalue weighted by molar-refractivity contribution is 7.98. The Morgan fingerprint density at radius 1 is 0.889 bits per heavy atom. The summed E-state index contributed by atoms with van der Waals surface area (Å²) in [5.41, 5.74) is 0. The van der Waals surface area contributed by atoms with E-state index >= 15 is 0 Å². The molecule has 0 bridgehead atoms. The fourth-order valence-corrected chi connectivity index (χ4v) is 2.89. The van der Waals surface area contributed by atoms with Crippen LogP contribution < -0.4 is 0 Å². The molecule has 1 fully saturated rings. The van der Waals surface area contributed by atoms with E-state index in [1.54, 1.807) is 0 Å². The van der Waals surface area contributed by atoms with Crippen molar-refractivity contribution in [1.82, 2.24) is 4.31 Å². The number of imide groups is 1. The molecule has 0 radical (unpaired) electrons. The van der Waals surface area contributed by atoms with Crippen LogP contribution in [0.1, 0.15) is 12.8 Å². The van der Waals surface area contributed by atoms with Crippen molar-refractivity contribution in [1.29, 1.82) is 0 Å². The largest absolute Gasteiger partial charge is 0.273 e. The summed E-state index contributed by atoms with van der Waals surface area (Å²) < 4.78 is 1.27. The number of rotatable bonds is 2. The molecule has 4 heteroatoms. The molecule has 18 heavy (non-hydrogen) atoms. The average molecular weight is 257 g/mol. The second kappa shape index (κ2) is 4.46. The van der Waals surface area contributed by atoms with Crippen molar-refractivity contribution in [3.05, 3.63) is 42.5 Å². The fraction of sp³-hybridized carbons (Fsp3) is 0.143. The van der Waals surface area contributed by atoms with Crippen molar-refractivity contribution in [2.24, 2.45) is 0 Å². The molecule has 1 aliphatic rings. The zero-order chi connectivity index (χ0) is 12.5. The first kappa shape index (κ1) is 11.3. The minimum absolute atomic E-state index is 0.0989. The lowest BCUT2D eigenvalue weighted by molar-refractivity contribution is -0.131. The molecule has 3 nitrogen and oxygen atoms in total. The number of fused-ring (bicyclic) bond motifs is 1. The monoisotopic (exact) mass is 257 g/mol. The number of hydrogen-bond acceptors (Lipinski definition) is 3. The molecule has 1 saturated heterocycles. The Morgan fingerprint density at radius 2 is 1.56 bits per heavy atom. The van der Waals surface area contributed by atoms with Crippen molar-refractivity contribution in [3.63, 3.8) is 0 Å². The zero-order valence-corrected chi connectivity index (χ0v) is 10.4. The molecule has 2 amide bonds. The van der Waals surface area contributed by atoms with Gasteiger partial charge in [0.05, 0.1) is 0 Å². The Bertz CT molecular complexity index is 622. The first-order chi connectivity index (χ1) is 8.74. The van der Waals surface area contributed by atoms with Crippen LogP contribution in [0.15, 0.2) is 47.4 Å². The van der Waals surface area contributed by atoms with Crippen molar-refractivity contribution in [2.75, 3.05) is 0 Å². The second-order valence-electron chi connectivity index (χ2n) is 4.18. The van der Waals surface area contributed by atoms with Gasteiger partial charge in [0, 0.05) is 17.7 Å². The molecule has 0 aromatic heterocycles. The van der Waals surface area contributed by atoms with Crippen LogP contribution in [0.2, 0.25) is 0 Å². The lowest BCUT2D eigenvalue weighted by Crippen LogP contribution is -2.20. The third-order valence-electron chi connectivity index (χ3n) is 2.92. The van der Waals surface area contributed by atoms with Gasteiger partial charge in [-0.1, -0.05) is 30.3 Å². The van der Waals surface area contributed by atoms with Crippen LogP contribution >= 0.6 is 11.9 Å². The topological polar surface area (TPSA) is 37.4 Å². The van der Waals surface area contributed by atoms with E-state index in [0.717, 1.165) is 15.7 Å². The van der Waals surface area contributed by atoms with Gasteiger partial charge in [-0.15, -0.1) is 0 Å². The molecule has 3 rings (SSSR count). The van der Waals surface area contributed by atoms with Crippen LogP contribution in [0, 0.1) is 0 Å². The summed E-state index contributed by atoms with van der Waals surface area (Å²) in [6.07, 6.45) is 0.666. The van der Waals surface area contributed by atoms with Gasteiger partial charge in [0.25, 0.3) is 0 Å². The lowest BCUT2D eigenvalue weighted by atomic mass is 10.1. The van der Waals surface area contributed by atoms with Crippen LogP contribution in [-0.4, -0.2) is 16.1 Å². The number of carbonyl (C=O) groups is 2. The molecule has 90 valence electrons. The molecule has 2 aromatic rings. The van der Waals surface area contributed by atoms with Gasteiger partial charge in [-0.25, -0.2) is 4.31 Å². The number of benzene rings is 2. The number of nitrogens with zero attached hydrogens (tertiary/aromatic N) is 1. The van der Waals surface area contributed by atoms with E-state index in [4.69, 9.17) is 0 Å². The standard InChI is InChI=1S/C14H11NO2S/c16-13-7-8-14(17)15(13)18-12-6-5-10-3-1-2-4-11(10)9-12/h1-6,9H,7-8H2. The molecular formula is C14H11NO2S. The maximum absolute atomic E-state index is 11.5. The van der Waals surface area contributed by atoms with Crippen LogP contribution in [0.3, 0.4) is 0 Å². The van der Waals surface area contributed by atoms with Crippen LogP contribution in [0.5, 0.6) is 0 Å². The highest BCUT2D eigenvalue weighted by Crippen LogP contribution is 2.30. The van der Waals surface area contributed by atoms with Crippen molar-refractivity contribution in [3.8, 4) is 0 Å². The van der Waals surface area contributed by atoms with Crippen molar-refractivity contribution in [2.45, 2.75) is 17.7 Å². The first-order valence-corrected chi connectivity index (χ1v) is 6.54. The average Bonchev–Trinajstić information content (AvgIpc) is 2.70. The summed E-state index contributed by atoms with van der Waals surface area (Å²) in [6, 6.07) is 14.0. The van der Waals surface area contributed by atoms with Gasteiger partial charge in [0.1, 0.15) is 0 Å². The van der Waals surface area contributed by atoms with Crippen LogP contribution in [-0.2, 0) is 9.59 Å². The first-order valence-electron chi connectivity index (χ1n) is 5.76. The van der Waals surface area contributed by atoms with Crippen LogP contribution in [0.4, 0.5) is 0 Å². The van der Waals surface area contributed by atoms with E-state index in [-0.39, 0.29) is 11.8 Å². The number of carbonyl (C=O) groups excluding carboxylic acids is 2. The summed E-state index contributed by atoms with van der Waals surface area (Å²) in [5, 5.41) is 2.27. The number of amides is 2. The Kier molecular flexibility index (Phi) is 2.80. The summed E-state index contributed by atoms with van der Waals surface area (Å²) in [4.78, 5) is 24.0. The predicted octanol–water partition coefficient (Wildman–Crippen LogP) is 3.00. The highest BCUT2D eigenvalue weighted by Gasteiger charge is 2.29. The smallest absolute Gasteiger partial charge is 0.240 e. The molecule has 0 unspecified atom stereocenters. The molecular weight excluding hydrogens is 246 g/mol. The molecule has 2 aromatic carbocycles. The van der Waals surface area contributed by atoms with Gasteiger partial charge < -0.3 is 0 Å². The van der Waals surface area contributed by atoms with E-state index in [1.807, 2.05) is 42.5 Å². The molecule has 0 aliphatic carbocycles. The quantitative estimate of drug-likeness (QED) is 0.613. The maximum Gasteiger partial charge on any atom is 0.240 e. The molecule has 0 spiro atoms. The third kappa shape index (κ3) is 1.99. The predicted molar refractivity (Wildman–Crippen MR) is 70.9 cm³/mol. The Hall–Kier alpha value is -1.81. The fourth-order valence-electron chi connectivity index (χ4n) is 1.99. The normalized spacial score (nSPS) is 15.7. The SMILES string of the molecule is O=C1CCC(=O)N1Sc1ccc2ccccc2c1. The third-order valence-corrected chi connectivity index (χ3v) is 3.98. The van der Waals surface area contributed by atoms with Crippen molar-refractivity contribution >= 4 is 34.5 Å². The van der Waals surface area contributed by atoms with E-state index in [2.05, 4.69) is 0 Å². The van der Waals surface area contributed by atoms with E-state index in [0.29, 0.717) is 12.8 Å². The van der Waals surface area contributed by atoms with E-state index in [1.165, 1.54) is 16.3 Å². The van der Waals surface area contributed by atoms with Gasteiger partial charge >= 0.3 is 0 Å². The van der Waals surface area contributed by atoms with Crippen molar-refractivity contribution < 1.29 is 9.59 Å². The lowest BCUT2D eigenvalue weighted by Gasteiger charge is -2.12. The summed E-state index contributed by atoms with van der Waals surface area (Å²) in [5.74, 6) is -0.198. The highest BCUT2D eigenvalue weighted by atomic mass is 32.2. The van der Waals surface area contributed by atoms with E-state index in [9.17, 15) is 9.59 Å². The van der Waals surface area contributed by atoms with Gasteiger partial charge in [-0.05, 0) is 34.9 Å². The van der Waals surface area contributed by atoms with Gasteiger partial charge in [0.2, 0.25) is 11.8 Å². The Labute approximate surface area is 109 Å². The molecule has 0 atom stereocenters. The van der Waals surface area contributed by atoms with E-state index < -0.39 is 0 Å². The van der Waals surface area contributed by atoms with Gasteiger partial charge in [0.15, 0.2) is 0 Å². The molecule has 0 N–H and O–H groups in total. The molecule has 1 aliphatic heterocycles. The molecule has 1 heterocycles. The number of hydrogen-bond donors (Lipinski definition) is 0. The second-order valence-corrected chi connectivity index (χ2v) is 5.20. The Balaban J connectivity index is 1.91. The molecule has 0 saturated carbocycles. The van der Waals surface area contributed by atoms with Crippen LogP contribution in [0.25, 0.3) is 10.8 Å². The summed E-state index contributed by atoms with van der Waals surface area (Å²) in [7, 11) is 0. The van der Waals surface area contributed by atoms with Gasteiger partial charge in [-0.2, -0.15) is 0 Å². The minimum atomic E-state index is -0.0989. The zero-order valence-electron chi connectivity index (χ0n) is 9.63.